The highest BCUT2D eigenvalue weighted by Gasteiger charge is 2.19. The molecule has 2 N–H and O–H groups in total. The van der Waals surface area contributed by atoms with Gasteiger partial charge < -0.3 is 20.1 Å². The van der Waals surface area contributed by atoms with Crippen LogP contribution in [-0.4, -0.2) is 35.5 Å². The normalized spacial score (nSPS) is 14.3. The van der Waals surface area contributed by atoms with Crippen LogP contribution in [-0.2, 0) is 24.4 Å². The fourth-order valence-corrected chi connectivity index (χ4v) is 3.19. The fraction of sp³-hybridized carbons (Fsp3) is 0.476. The number of amides is 1. The Bertz CT molecular complexity index is 834. The molecule has 3 rings (SSSR count). The topological polar surface area (TPSA) is 82.8 Å². The molecule has 1 aromatic carbocycles. The third kappa shape index (κ3) is 6.73. The molecule has 0 radical (unpaired) electrons. The number of rotatable bonds is 7. The predicted molar refractivity (Wildman–Crippen MR) is 124 cm³/mol. The lowest BCUT2D eigenvalue weighted by Gasteiger charge is -2.16. The van der Waals surface area contributed by atoms with E-state index in [1.54, 1.807) is 7.05 Å². The zero-order chi connectivity index (χ0) is 19.9. The maximum atomic E-state index is 11.8. The number of halogens is 1. The second kappa shape index (κ2) is 11.2. The zero-order valence-electron chi connectivity index (χ0n) is 17.3. The van der Waals surface area contributed by atoms with Crippen molar-refractivity contribution in [3.63, 3.8) is 0 Å². The lowest BCUT2D eigenvalue weighted by atomic mass is 10.1. The summed E-state index contributed by atoms with van der Waals surface area (Å²) in [5.74, 6) is 2.07. The zero-order valence-corrected chi connectivity index (χ0v) is 19.6. The van der Waals surface area contributed by atoms with E-state index in [2.05, 4.69) is 52.8 Å². The SMILES string of the molecule is CN=C(NCc1cccc(CN2CCCC2=O)c1)NCc1cc(C(C)C)no1.I. The molecule has 1 aliphatic heterocycles. The largest absolute Gasteiger partial charge is 0.359 e. The Labute approximate surface area is 189 Å². The lowest BCUT2D eigenvalue weighted by molar-refractivity contribution is -0.128. The van der Waals surface area contributed by atoms with Crippen molar-refractivity contribution in [2.75, 3.05) is 13.6 Å². The van der Waals surface area contributed by atoms with Gasteiger partial charge in [0.1, 0.15) is 0 Å². The number of aromatic nitrogens is 1. The number of nitrogens with zero attached hydrogens (tertiary/aromatic N) is 3. The van der Waals surface area contributed by atoms with Crippen LogP contribution in [0.4, 0.5) is 0 Å². The van der Waals surface area contributed by atoms with Gasteiger partial charge in [0, 0.05) is 39.2 Å². The van der Waals surface area contributed by atoms with Crippen molar-refractivity contribution in [3.05, 3.63) is 52.9 Å². The summed E-state index contributed by atoms with van der Waals surface area (Å²) in [6.45, 7) is 6.89. The monoisotopic (exact) mass is 511 g/mol. The van der Waals surface area contributed by atoms with E-state index in [-0.39, 0.29) is 29.9 Å². The van der Waals surface area contributed by atoms with Crippen LogP contribution in [0.25, 0.3) is 0 Å². The number of nitrogens with one attached hydrogen (secondary N) is 2. The van der Waals surface area contributed by atoms with Gasteiger partial charge in [0.15, 0.2) is 11.7 Å². The van der Waals surface area contributed by atoms with E-state index in [4.69, 9.17) is 4.52 Å². The van der Waals surface area contributed by atoms with E-state index >= 15 is 0 Å². The van der Waals surface area contributed by atoms with Gasteiger partial charge in [-0.3, -0.25) is 9.79 Å². The Hall–Kier alpha value is -2.10. The minimum Gasteiger partial charge on any atom is -0.359 e. The van der Waals surface area contributed by atoms with E-state index in [1.165, 1.54) is 0 Å². The van der Waals surface area contributed by atoms with E-state index < -0.39 is 0 Å². The van der Waals surface area contributed by atoms with Crippen LogP contribution >= 0.6 is 24.0 Å². The molecule has 1 fully saturated rings. The molecule has 0 atom stereocenters. The van der Waals surface area contributed by atoms with Crippen molar-refractivity contribution in [1.82, 2.24) is 20.7 Å². The number of likely N-dealkylation sites (tertiary alicyclic amines) is 1. The molecule has 158 valence electrons. The van der Waals surface area contributed by atoms with Gasteiger partial charge in [-0.25, -0.2) is 0 Å². The van der Waals surface area contributed by atoms with Crippen LogP contribution in [0.5, 0.6) is 0 Å². The van der Waals surface area contributed by atoms with Crippen molar-refractivity contribution in [3.8, 4) is 0 Å². The number of guanidine groups is 1. The fourth-order valence-electron chi connectivity index (χ4n) is 3.19. The van der Waals surface area contributed by atoms with Crippen LogP contribution in [0.2, 0.25) is 0 Å². The minimum absolute atomic E-state index is 0. The molecule has 2 aromatic rings. The third-order valence-electron chi connectivity index (χ3n) is 4.82. The van der Waals surface area contributed by atoms with Gasteiger partial charge in [0.05, 0.1) is 12.2 Å². The average Bonchev–Trinajstić information content (AvgIpc) is 3.32. The molecule has 0 unspecified atom stereocenters. The number of hydrogen-bond donors (Lipinski definition) is 2. The van der Waals surface area contributed by atoms with Gasteiger partial charge in [0.25, 0.3) is 0 Å². The molecule has 0 saturated carbocycles. The summed E-state index contributed by atoms with van der Waals surface area (Å²) in [5, 5.41) is 10.6. The van der Waals surface area contributed by atoms with Crippen LogP contribution in [0.3, 0.4) is 0 Å². The highest BCUT2D eigenvalue weighted by Crippen LogP contribution is 2.15. The summed E-state index contributed by atoms with van der Waals surface area (Å²) in [7, 11) is 1.74. The summed E-state index contributed by atoms with van der Waals surface area (Å²) in [6, 6.07) is 10.3. The first kappa shape index (κ1) is 23.2. The van der Waals surface area contributed by atoms with Crippen LogP contribution < -0.4 is 10.6 Å². The summed E-state index contributed by atoms with van der Waals surface area (Å²) >= 11 is 0. The molecule has 1 saturated heterocycles. The Morgan fingerprint density at radius 2 is 2.00 bits per heavy atom. The number of hydrogen-bond acceptors (Lipinski definition) is 4. The van der Waals surface area contributed by atoms with Gasteiger partial charge in [-0.2, -0.15) is 0 Å². The molecule has 1 amide bonds. The Kier molecular flexibility index (Phi) is 8.94. The van der Waals surface area contributed by atoms with Crippen molar-refractivity contribution >= 4 is 35.8 Å². The molecule has 7 nitrogen and oxygen atoms in total. The summed E-state index contributed by atoms with van der Waals surface area (Å²) < 4.78 is 5.34. The highest BCUT2D eigenvalue weighted by atomic mass is 127. The maximum Gasteiger partial charge on any atom is 0.222 e. The molecular weight excluding hydrogens is 481 g/mol. The molecule has 8 heteroatoms. The molecule has 0 aliphatic carbocycles. The van der Waals surface area contributed by atoms with Crippen LogP contribution in [0.15, 0.2) is 39.8 Å². The van der Waals surface area contributed by atoms with Gasteiger partial charge in [-0.15, -0.1) is 24.0 Å². The van der Waals surface area contributed by atoms with Crippen molar-refractivity contribution in [1.29, 1.82) is 0 Å². The number of aliphatic imine (C=N–C) groups is 1. The highest BCUT2D eigenvalue weighted by molar-refractivity contribution is 14.0. The summed E-state index contributed by atoms with van der Waals surface area (Å²) in [6.07, 6.45) is 1.64. The Morgan fingerprint density at radius 1 is 1.24 bits per heavy atom. The van der Waals surface area contributed by atoms with Gasteiger partial charge in [0.2, 0.25) is 5.91 Å². The second-order valence-electron chi connectivity index (χ2n) is 7.39. The Balaban J connectivity index is 0.00000300. The molecule has 0 spiro atoms. The second-order valence-corrected chi connectivity index (χ2v) is 7.39. The quantitative estimate of drug-likeness (QED) is 0.338. The Morgan fingerprint density at radius 3 is 2.66 bits per heavy atom. The van der Waals surface area contributed by atoms with E-state index in [9.17, 15) is 4.79 Å². The molecule has 2 heterocycles. The molecule has 1 aliphatic rings. The van der Waals surface area contributed by atoms with Gasteiger partial charge in [-0.1, -0.05) is 43.3 Å². The number of carbonyl (C=O) groups excluding carboxylic acids is 1. The van der Waals surface area contributed by atoms with Crippen molar-refractivity contribution in [2.24, 2.45) is 4.99 Å². The first-order valence-electron chi connectivity index (χ1n) is 9.80. The molecule has 0 bridgehead atoms. The summed E-state index contributed by atoms with van der Waals surface area (Å²) in [4.78, 5) is 18.0. The van der Waals surface area contributed by atoms with Crippen LogP contribution in [0.1, 0.15) is 55.2 Å². The molecule has 29 heavy (non-hydrogen) atoms. The first-order valence-corrected chi connectivity index (χ1v) is 9.80. The van der Waals surface area contributed by atoms with Crippen LogP contribution in [0, 0.1) is 0 Å². The van der Waals surface area contributed by atoms with Crippen molar-refractivity contribution < 1.29 is 9.32 Å². The van der Waals surface area contributed by atoms with Crippen molar-refractivity contribution in [2.45, 2.75) is 52.2 Å². The number of carbonyl (C=O) groups is 1. The average molecular weight is 511 g/mol. The predicted octanol–water partition coefficient (Wildman–Crippen LogP) is 3.40. The molecular formula is C21H30IN5O2. The summed E-state index contributed by atoms with van der Waals surface area (Å²) in [5.41, 5.74) is 3.25. The number of benzene rings is 1. The van der Waals surface area contributed by atoms with E-state index in [1.807, 2.05) is 17.0 Å². The standard InChI is InChI=1S/C21H29N5O2.HI/c1-15(2)19-11-18(28-25-19)13-24-21(22-3)23-12-16-6-4-7-17(10-16)14-26-9-5-8-20(26)27;/h4,6-7,10-11,15H,5,8-9,12-14H2,1-3H3,(H2,22,23,24);1H. The smallest absolute Gasteiger partial charge is 0.222 e. The molecule has 1 aromatic heterocycles. The first-order chi connectivity index (χ1) is 13.5. The van der Waals surface area contributed by atoms with Gasteiger partial charge >= 0.3 is 0 Å². The minimum atomic E-state index is 0. The third-order valence-corrected chi connectivity index (χ3v) is 4.82. The maximum absolute atomic E-state index is 11.8. The van der Waals surface area contributed by atoms with E-state index in [0.717, 1.165) is 35.5 Å². The van der Waals surface area contributed by atoms with Gasteiger partial charge in [-0.05, 0) is 23.5 Å². The van der Waals surface area contributed by atoms with E-state index in [0.29, 0.717) is 37.9 Å². The lowest BCUT2D eigenvalue weighted by Crippen LogP contribution is -2.36.